The summed E-state index contributed by atoms with van der Waals surface area (Å²) in [4.78, 5) is 5.92. The van der Waals surface area contributed by atoms with Gasteiger partial charge in [0.05, 0.1) is 0 Å². The first-order chi connectivity index (χ1) is 8.66. The van der Waals surface area contributed by atoms with Crippen LogP contribution in [0.1, 0.15) is 0 Å². The van der Waals surface area contributed by atoms with Crippen molar-refractivity contribution in [3.63, 3.8) is 0 Å². The van der Waals surface area contributed by atoms with Gasteiger partial charge in [0.1, 0.15) is 11.4 Å². The molecule has 2 aromatic rings. The maximum absolute atomic E-state index is 9.82. The summed E-state index contributed by atoms with van der Waals surface area (Å²) in [5, 5.41) is 17.7. The number of hydrogen-bond acceptors (Lipinski definition) is 5. The Kier molecular flexibility index (Phi) is 5.44. The second kappa shape index (κ2) is 6.84. The van der Waals surface area contributed by atoms with Crippen molar-refractivity contribution >= 4 is 34.2 Å². The van der Waals surface area contributed by atoms with Crippen molar-refractivity contribution in [1.29, 1.82) is 0 Å². The smallest absolute Gasteiger partial charge is 0.174 e. The lowest BCUT2D eigenvalue weighted by molar-refractivity contribution is 0.476. The van der Waals surface area contributed by atoms with E-state index in [4.69, 9.17) is 0 Å². The van der Waals surface area contributed by atoms with Gasteiger partial charge in [-0.2, -0.15) is 0 Å². The Morgan fingerprint density at radius 3 is 2.47 bits per heavy atom. The van der Waals surface area contributed by atoms with E-state index in [1.165, 1.54) is 0 Å². The molecule has 0 radical (unpaired) electrons. The van der Waals surface area contributed by atoms with E-state index in [2.05, 4.69) is 15.2 Å². The zero-order valence-corrected chi connectivity index (χ0v) is 12.4. The molecule has 6 heteroatoms. The number of hydrogen-bond donors (Lipinski definition) is 1. The zero-order chi connectivity index (χ0) is 13.0. The molecular formula is C13H15BrN4O. The van der Waals surface area contributed by atoms with Crippen LogP contribution in [0.25, 0.3) is 0 Å². The lowest BCUT2D eigenvalue weighted by atomic mass is 10.2. The number of aromatic hydroxyl groups is 1. The lowest BCUT2D eigenvalue weighted by Gasteiger charge is -2.12. The topological polar surface area (TPSA) is 61.1 Å². The normalized spacial score (nSPS) is 10.2. The molecule has 1 N–H and O–H groups in total. The van der Waals surface area contributed by atoms with Crippen LogP contribution in [-0.4, -0.2) is 24.2 Å². The second-order valence-corrected chi connectivity index (χ2v) is 3.96. The molecule has 0 spiro atoms. The average molecular weight is 323 g/mol. The molecule has 0 fully saturated rings. The summed E-state index contributed by atoms with van der Waals surface area (Å²) in [7, 11) is 3.81. The largest absolute Gasteiger partial charge is 0.506 e. The first-order valence-corrected chi connectivity index (χ1v) is 5.50. The minimum Gasteiger partial charge on any atom is -0.506 e. The van der Waals surface area contributed by atoms with Crippen molar-refractivity contribution in [3.8, 4) is 5.75 Å². The van der Waals surface area contributed by atoms with Crippen molar-refractivity contribution < 1.29 is 5.11 Å². The minimum absolute atomic E-state index is 0. The summed E-state index contributed by atoms with van der Waals surface area (Å²) in [5.41, 5.74) is 1.33. The maximum atomic E-state index is 9.82. The fourth-order valence-electron chi connectivity index (χ4n) is 1.39. The first-order valence-electron chi connectivity index (χ1n) is 5.50. The number of rotatable bonds is 3. The monoisotopic (exact) mass is 322 g/mol. The molecular weight excluding hydrogens is 308 g/mol. The van der Waals surface area contributed by atoms with Crippen LogP contribution >= 0.6 is 17.0 Å². The summed E-state index contributed by atoms with van der Waals surface area (Å²) in [6.45, 7) is 0. The number of azo groups is 1. The number of anilines is 1. The minimum atomic E-state index is 0. The summed E-state index contributed by atoms with van der Waals surface area (Å²) in [5.74, 6) is 0.606. The van der Waals surface area contributed by atoms with Gasteiger partial charge in [-0.15, -0.1) is 27.2 Å². The van der Waals surface area contributed by atoms with Gasteiger partial charge in [0.2, 0.25) is 0 Å². The molecule has 0 bridgehead atoms. The molecule has 0 saturated carbocycles. The third-order valence-electron chi connectivity index (χ3n) is 2.38. The summed E-state index contributed by atoms with van der Waals surface area (Å²) >= 11 is 0. The summed E-state index contributed by atoms with van der Waals surface area (Å²) < 4.78 is 0. The van der Waals surface area contributed by atoms with Gasteiger partial charge in [0.15, 0.2) is 5.82 Å². The van der Waals surface area contributed by atoms with Crippen LogP contribution in [0.5, 0.6) is 5.75 Å². The molecule has 1 heterocycles. The van der Waals surface area contributed by atoms with E-state index in [0.717, 1.165) is 5.69 Å². The molecule has 19 heavy (non-hydrogen) atoms. The molecule has 2 rings (SSSR count). The fraction of sp³-hybridized carbons (Fsp3) is 0.154. The highest BCUT2D eigenvalue weighted by molar-refractivity contribution is 8.93. The van der Waals surface area contributed by atoms with Crippen LogP contribution in [0.2, 0.25) is 0 Å². The van der Waals surface area contributed by atoms with Crippen molar-refractivity contribution in [3.05, 3.63) is 42.6 Å². The molecule has 0 aliphatic heterocycles. The molecule has 0 unspecified atom stereocenters. The van der Waals surface area contributed by atoms with E-state index in [9.17, 15) is 5.11 Å². The van der Waals surface area contributed by atoms with Crippen LogP contribution < -0.4 is 4.90 Å². The van der Waals surface area contributed by atoms with Crippen LogP contribution in [0.4, 0.5) is 17.2 Å². The molecule has 0 saturated heterocycles. The van der Waals surface area contributed by atoms with Gasteiger partial charge in [-0.05, 0) is 24.3 Å². The van der Waals surface area contributed by atoms with E-state index in [1.54, 1.807) is 24.4 Å². The van der Waals surface area contributed by atoms with Gasteiger partial charge in [-0.1, -0.05) is 6.07 Å². The Hall–Kier alpha value is -1.95. The van der Waals surface area contributed by atoms with Crippen molar-refractivity contribution in [2.24, 2.45) is 10.2 Å². The first kappa shape index (κ1) is 15.1. The number of nitrogens with zero attached hydrogens (tertiary/aromatic N) is 4. The zero-order valence-electron chi connectivity index (χ0n) is 10.7. The molecule has 0 atom stereocenters. The van der Waals surface area contributed by atoms with Crippen LogP contribution in [0.3, 0.4) is 0 Å². The molecule has 0 aliphatic rings. The van der Waals surface area contributed by atoms with Gasteiger partial charge in [-0.25, -0.2) is 4.98 Å². The number of pyridine rings is 1. The number of halogens is 1. The van der Waals surface area contributed by atoms with E-state index in [0.29, 0.717) is 11.5 Å². The fourth-order valence-corrected chi connectivity index (χ4v) is 1.39. The summed E-state index contributed by atoms with van der Waals surface area (Å²) in [6.07, 6.45) is 1.64. The van der Waals surface area contributed by atoms with E-state index in [1.807, 2.05) is 37.2 Å². The molecule has 0 aliphatic carbocycles. The van der Waals surface area contributed by atoms with Crippen LogP contribution in [0, 0.1) is 0 Å². The van der Waals surface area contributed by atoms with Crippen molar-refractivity contribution in [2.45, 2.75) is 0 Å². The highest BCUT2D eigenvalue weighted by atomic mass is 79.9. The number of benzene rings is 1. The number of aromatic nitrogens is 1. The highest BCUT2D eigenvalue weighted by Crippen LogP contribution is 2.31. The van der Waals surface area contributed by atoms with Gasteiger partial charge in [-0.3, -0.25) is 0 Å². The number of phenolic OH excluding ortho intramolecular Hbond substituents is 1. The Balaban J connectivity index is 0.00000180. The predicted molar refractivity (Wildman–Crippen MR) is 81.2 cm³/mol. The Bertz CT molecular complexity index is 558. The van der Waals surface area contributed by atoms with Gasteiger partial charge >= 0.3 is 0 Å². The van der Waals surface area contributed by atoms with Crippen LogP contribution in [0.15, 0.2) is 52.8 Å². The molecule has 1 aromatic carbocycles. The van der Waals surface area contributed by atoms with E-state index in [-0.39, 0.29) is 22.7 Å². The standard InChI is InChI=1S/C13H14N4O.BrH/c1-17(2)10-6-7-11(12(18)9-10)15-16-13-5-3-4-8-14-13;/h3-9,18H,1-2H3;1H. The van der Waals surface area contributed by atoms with Crippen molar-refractivity contribution in [2.75, 3.05) is 19.0 Å². The molecule has 5 nitrogen and oxygen atoms in total. The average Bonchev–Trinajstić information content (AvgIpc) is 2.38. The predicted octanol–water partition coefficient (Wildman–Crippen LogP) is 3.85. The maximum Gasteiger partial charge on any atom is 0.174 e. The Labute approximate surface area is 122 Å². The SMILES string of the molecule is Br.CN(C)c1ccc(N=Nc2ccccn2)c(O)c1. The van der Waals surface area contributed by atoms with Crippen LogP contribution in [-0.2, 0) is 0 Å². The van der Waals surface area contributed by atoms with E-state index < -0.39 is 0 Å². The summed E-state index contributed by atoms with van der Waals surface area (Å²) in [6, 6.07) is 10.6. The molecule has 100 valence electrons. The Morgan fingerprint density at radius 1 is 1.11 bits per heavy atom. The lowest BCUT2D eigenvalue weighted by Crippen LogP contribution is -2.07. The quantitative estimate of drug-likeness (QED) is 0.873. The highest BCUT2D eigenvalue weighted by Gasteiger charge is 2.03. The van der Waals surface area contributed by atoms with Gasteiger partial charge in [0, 0.05) is 32.0 Å². The molecule has 1 aromatic heterocycles. The van der Waals surface area contributed by atoms with Crippen molar-refractivity contribution in [1.82, 2.24) is 4.98 Å². The second-order valence-electron chi connectivity index (χ2n) is 3.96. The van der Waals surface area contributed by atoms with Gasteiger partial charge in [0.25, 0.3) is 0 Å². The molecule has 0 amide bonds. The third-order valence-corrected chi connectivity index (χ3v) is 2.38. The number of phenols is 1. The third kappa shape index (κ3) is 4.03. The van der Waals surface area contributed by atoms with E-state index >= 15 is 0 Å². The Morgan fingerprint density at radius 2 is 1.89 bits per heavy atom. The van der Waals surface area contributed by atoms with Gasteiger partial charge < -0.3 is 10.0 Å².